The van der Waals surface area contributed by atoms with E-state index in [1.165, 1.54) is 6.20 Å². The van der Waals surface area contributed by atoms with E-state index < -0.39 is 0 Å². The summed E-state index contributed by atoms with van der Waals surface area (Å²) in [6, 6.07) is 8.51. The topological polar surface area (TPSA) is 90.5 Å². The van der Waals surface area contributed by atoms with Gasteiger partial charge in [0.15, 0.2) is 0 Å². The Bertz CT molecular complexity index is 1010. The van der Waals surface area contributed by atoms with Crippen molar-refractivity contribution in [3.05, 3.63) is 58.5 Å². The van der Waals surface area contributed by atoms with Gasteiger partial charge in [-0.2, -0.15) is 0 Å². The molecule has 0 aliphatic carbocycles. The molecule has 1 aliphatic rings. The maximum Gasteiger partial charge on any atom is 0.293 e. The van der Waals surface area contributed by atoms with Crippen LogP contribution in [0.4, 0.5) is 0 Å². The first-order valence-electron chi connectivity index (χ1n) is 8.91. The second-order valence-corrected chi connectivity index (χ2v) is 6.47. The maximum absolute atomic E-state index is 13.1. The van der Waals surface area contributed by atoms with E-state index >= 15 is 0 Å². The Morgan fingerprint density at radius 1 is 1.33 bits per heavy atom. The van der Waals surface area contributed by atoms with Crippen LogP contribution < -0.4 is 5.56 Å². The van der Waals surface area contributed by atoms with Gasteiger partial charge in [-0.1, -0.05) is 17.3 Å². The van der Waals surface area contributed by atoms with Crippen molar-refractivity contribution in [1.29, 1.82) is 0 Å². The Hall–Kier alpha value is -3.00. The minimum Gasteiger partial charge on any atom is -0.383 e. The van der Waals surface area contributed by atoms with Gasteiger partial charge in [-0.25, -0.2) is 4.98 Å². The Kier molecular flexibility index (Phi) is 4.72. The van der Waals surface area contributed by atoms with Crippen molar-refractivity contribution < 1.29 is 14.1 Å². The number of carbonyl (C=O) groups is 1. The fraction of sp³-hybridized carbons (Fsp3) is 0.368. The Balaban J connectivity index is 1.81. The number of carbonyl (C=O) groups excluding carboxylic acids is 1. The van der Waals surface area contributed by atoms with E-state index in [-0.39, 0.29) is 23.3 Å². The molecule has 2 aromatic heterocycles. The lowest BCUT2D eigenvalue weighted by molar-refractivity contribution is 0.0683. The molecule has 3 aromatic rings. The molecule has 27 heavy (non-hydrogen) atoms. The highest BCUT2D eigenvalue weighted by atomic mass is 16.5. The summed E-state index contributed by atoms with van der Waals surface area (Å²) < 4.78 is 11.8. The second-order valence-electron chi connectivity index (χ2n) is 6.47. The molecule has 1 unspecified atom stereocenters. The quantitative estimate of drug-likeness (QED) is 0.684. The average Bonchev–Trinajstić information content (AvgIpc) is 3.38. The predicted octanol–water partition coefficient (Wildman–Crippen LogP) is 2.01. The highest BCUT2D eigenvalue weighted by Crippen LogP contribution is 2.32. The highest BCUT2D eigenvalue weighted by Gasteiger charge is 2.35. The third-order valence-electron chi connectivity index (χ3n) is 4.87. The van der Waals surface area contributed by atoms with Crippen LogP contribution >= 0.6 is 0 Å². The Morgan fingerprint density at radius 2 is 2.19 bits per heavy atom. The average molecular weight is 368 g/mol. The number of benzene rings is 1. The molecular formula is C19H20N4O4. The van der Waals surface area contributed by atoms with Gasteiger partial charge in [0.2, 0.25) is 5.76 Å². The van der Waals surface area contributed by atoms with Crippen LogP contribution in [0.3, 0.4) is 0 Å². The van der Waals surface area contributed by atoms with Gasteiger partial charge in [0.25, 0.3) is 11.5 Å². The molecule has 1 amide bonds. The molecule has 8 nitrogen and oxygen atoms in total. The second kappa shape index (κ2) is 7.32. The van der Waals surface area contributed by atoms with Gasteiger partial charge in [0.1, 0.15) is 5.82 Å². The number of rotatable bonds is 5. The zero-order valence-electron chi connectivity index (χ0n) is 15.0. The third kappa shape index (κ3) is 3.12. The lowest BCUT2D eigenvalue weighted by Crippen LogP contribution is -2.36. The predicted molar refractivity (Wildman–Crippen MR) is 97.4 cm³/mol. The largest absolute Gasteiger partial charge is 0.383 e. The molecular weight excluding hydrogens is 348 g/mol. The SMILES string of the molecule is COCCn1c(C2CCCN2C(=O)c2ccno2)nc2ccccc2c1=O. The molecule has 1 atom stereocenters. The first kappa shape index (κ1) is 17.4. The minimum absolute atomic E-state index is 0.119. The van der Waals surface area contributed by atoms with Crippen LogP contribution in [0.2, 0.25) is 0 Å². The van der Waals surface area contributed by atoms with Crippen molar-refractivity contribution in [3.8, 4) is 0 Å². The summed E-state index contributed by atoms with van der Waals surface area (Å²) >= 11 is 0. The summed E-state index contributed by atoms with van der Waals surface area (Å²) in [6.45, 7) is 1.34. The minimum atomic E-state index is -0.295. The van der Waals surface area contributed by atoms with Crippen LogP contribution in [0.25, 0.3) is 10.9 Å². The van der Waals surface area contributed by atoms with Gasteiger partial charge in [0.05, 0.1) is 36.3 Å². The summed E-state index contributed by atoms with van der Waals surface area (Å²) in [5, 5.41) is 4.17. The molecule has 8 heteroatoms. The summed E-state index contributed by atoms with van der Waals surface area (Å²) in [7, 11) is 1.59. The van der Waals surface area contributed by atoms with Gasteiger partial charge < -0.3 is 14.2 Å². The van der Waals surface area contributed by atoms with Crippen molar-refractivity contribution in [2.45, 2.75) is 25.4 Å². The van der Waals surface area contributed by atoms with Crippen molar-refractivity contribution in [3.63, 3.8) is 0 Å². The molecule has 1 fully saturated rings. The zero-order chi connectivity index (χ0) is 18.8. The molecule has 0 spiro atoms. The van der Waals surface area contributed by atoms with E-state index in [1.807, 2.05) is 18.2 Å². The molecule has 4 rings (SSSR count). The molecule has 1 aromatic carbocycles. The number of likely N-dealkylation sites (tertiary alicyclic amines) is 1. The van der Waals surface area contributed by atoms with E-state index in [0.717, 1.165) is 12.8 Å². The van der Waals surface area contributed by atoms with Gasteiger partial charge in [-0.15, -0.1) is 0 Å². The van der Waals surface area contributed by atoms with E-state index in [1.54, 1.807) is 28.7 Å². The van der Waals surface area contributed by atoms with Crippen LogP contribution in [0.15, 0.2) is 45.8 Å². The van der Waals surface area contributed by atoms with Crippen LogP contribution in [0.1, 0.15) is 35.3 Å². The molecule has 0 bridgehead atoms. The highest BCUT2D eigenvalue weighted by molar-refractivity contribution is 5.91. The maximum atomic E-state index is 13.1. The first-order valence-corrected chi connectivity index (χ1v) is 8.91. The summed E-state index contributed by atoms with van der Waals surface area (Å²) in [6.07, 6.45) is 3.01. The van der Waals surface area contributed by atoms with E-state index in [4.69, 9.17) is 14.2 Å². The number of fused-ring (bicyclic) bond motifs is 1. The van der Waals surface area contributed by atoms with Crippen molar-refractivity contribution in [2.24, 2.45) is 0 Å². The third-order valence-corrected chi connectivity index (χ3v) is 4.87. The number of amides is 1. The number of ether oxygens (including phenoxy) is 1. The zero-order valence-corrected chi connectivity index (χ0v) is 15.0. The van der Waals surface area contributed by atoms with Crippen LogP contribution in [0.5, 0.6) is 0 Å². The number of methoxy groups -OCH3 is 1. The van der Waals surface area contributed by atoms with Gasteiger partial charge in [0, 0.05) is 19.7 Å². The first-order chi connectivity index (χ1) is 13.2. The van der Waals surface area contributed by atoms with Gasteiger partial charge in [-0.3, -0.25) is 14.2 Å². The van der Waals surface area contributed by atoms with E-state index in [0.29, 0.717) is 36.4 Å². The fourth-order valence-corrected chi connectivity index (χ4v) is 3.58. The molecule has 140 valence electrons. The van der Waals surface area contributed by atoms with Crippen LogP contribution in [0, 0.1) is 0 Å². The van der Waals surface area contributed by atoms with Crippen LogP contribution in [-0.2, 0) is 11.3 Å². The van der Waals surface area contributed by atoms with Crippen molar-refractivity contribution >= 4 is 16.8 Å². The summed E-state index contributed by atoms with van der Waals surface area (Å²) in [5.74, 6) is 0.533. The number of hydrogen-bond acceptors (Lipinski definition) is 6. The Labute approximate surface area is 155 Å². The molecule has 3 heterocycles. The standard InChI is InChI=1S/C19H20N4O4/c1-26-12-11-23-17(21-14-6-3-2-5-13(14)18(23)24)15-7-4-10-22(15)19(25)16-8-9-20-27-16/h2-3,5-6,8-9,15H,4,7,10-12H2,1H3. The molecule has 0 N–H and O–H groups in total. The van der Waals surface area contributed by atoms with Crippen LogP contribution in [-0.4, -0.2) is 45.8 Å². The summed E-state index contributed by atoms with van der Waals surface area (Å²) in [5.41, 5.74) is 0.511. The summed E-state index contributed by atoms with van der Waals surface area (Å²) in [4.78, 5) is 32.3. The molecule has 0 radical (unpaired) electrons. The fourth-order valence-electron chi connectivity index (χ4n) is 3.58. The van der Waals surface area contributed by atoms with Crippen molar-refractivity contribution in [2.75, 3.05) is 20.3 Å². The number of nitrogens with zero attached hydrogens (tertiary/aromatic N) is 4. The van der Waals surface area contributed by atoms with E-state index in [2.05, 4.69) is 5.16 Å². The van der Waals surface area contributed by atoms with Crippen molar-refractivity contribution in [1.82, 2.24) is 19.6 Å². The molecule has 1 saturated heterocycles. The smallest absolute Gasteiger partial charge is 0.293 e. The molecule has 1 aliphatic heterocycles. The van der Waals surface area contributed by atoms with Gasteiger partial charge in [-0.05, 0) is 25.0 Å². The number of hydrogen-bond donors (Lipinski definition) is 0. The normalized spacial score (nSPS) is 16.9. The molecule has 0 saturated carbocycles. The lowest BCUT2D eigenvalue weighted by atomic mass is 10.1. The Morgan fingerprint density at radius 3 is 2.96 bits per heavy atom. The number of aromatic nitrogens is 3. The lowest BCUT2D eigenvalue weighted by Gasteiger charge is -2.25. The monoisotopic (exact) mass is 368 g/mol. The number of para-hydroxylation sites is 1. The van der Waals surface area contributed by atoms with Gasteiger partial charge >= 0.3 is 0 Å². The van der Waals surface area contributed by atoms with E-state index in [9.17, 15) is 9.59 Å².